The summed E-state index contributed by atoms with van der Waals surface area (Å²) in [6.07, 6.45) is 5.71. The van der Waals surface area contributed by atoms with Gasteiger partial charge in [-0.05, 0) is 23.5 Å². The van der Waals surface area contributed by atoms with Crippen molar-refractivity contribution in [2.24, 2.45) is 11.1 Å². The van der Waals surface area contributed by atoms with Crippen LogP contribution in [-0.4, -0.2) is 22.3 Å². The summed E-state index contributed by atoms with van der Waals surface area (Å²) in [6, 6.07) is 7.74. The van der Waals surface area contributed by atoms with E-state index in [1.807, 2.05) is 37.3 Å². The summed E-state index contributed by atoms with van der Waals surface area (Å²) in [5, 5.41) is 7.00. The molecule has 0 unspecified atom stereocenters. The molecule has 0 aliphatic heterocycles. The molecule has 1 aromatic carbocycles. The third-order valence-corrected chi connectivity index (χ3v) is 2.95. The molecule has 1 aromatic rings. The first kappa shape index (κ1) is 24.3. The van der Waals surface area contributed by atoms with E-state index in [0.29, 0.717) is 5.41 Å². The molecule has 1 aliphatic rings. The second-order valence-corrected chi connectivity index (χ2v) is 7.29. The van der Waals surface area contributed by atoms with Crippen molar-refractivity contribution in [3.05, 3.63) is 47.5 Å². The molecule has 0 radical (unpaired) electrons. The van der Waals surface area contributed by atoms with Gasteiger partial charge in [0.1, 0.15) is 0 Å². The van der Waals surface area contributed by atoms with Gasteiger partial charge in [-0.15, -0.1) is 0 Å². The topological polar surface area (TPSA) is 63.3 Å². The average molecular weight is 356 g/mol. The van der Waals surface area contributed by atoms with Gasteiger partial charge in [0.2, 0.25) is 0 Å². The Labute approximate surface area is 150 Å². The number of ketones is 1. The number of fused-ring (bicyclic) bond motifs is 1. The zero-order valence-electron chi connectivity index (χ0n) is 15.3. The van der Waals surface area contributed by atoms with Crippen molar-refractivity contribution < 1.29 is 26.9 Å². The van der Waals surface area contributed by atoms with Crippen LogP contribution in [0.3, 0.4) is 0 Å². The van der Waals surface area contributed by atoms with E-state index in [1.165, 1.54) is 6.42 Å². The molecule has 3 nitrogen and oxygen atoms in total. The van der Waals surface area contributed by atoms with E-state index < -0.39 is 0 Å². The molecule has 1 aliphatic carbocycles. The predicted octanol–water partition coefficient (Wildman–Crippen LogP) is 3.67. The minimum absolute atomic E-state index is 0.131. The van der Waals surface area contributed by atoms with Gasteiger partial charge in [0.25, 0.3) is 0 Å². The molecule has 0 bridgehead atoms. The zero-order chi connectivity index (χ0) is 18.5. The largest absolute Gasteiger partial charge is 0.289 e. The number of carbonyl (C=O) groups is 1. The second-order valence-electron chi connectivity index (χ2n) is 6.18. The van der Waals surface area contributed by atoms with Crippen LogP contribution in [-0.2, 0) is 23.4 Å². The standard InChI is InChI=1S/C10H8O.C6H14.C2H5N.CH4O.V/c11-10-7-3-5-8-4-1-2-6-9(8)10;1-5-6(2,3)4;1-2-3;1-2;/h1-4,6-7H,5H2;5H2,1-4H3;3H2,1H3;2H,1H3;. The van der Waals surface area contributed by atoms with Crippen LogP contribution in [0.25, 0.3) is 0 Å². The molecule has 0 heterocycles. The molecule has 0 aromatic heterocycles. The first-order valence-electron chi connectivity index (χ1n) is 7.69. The average Bonchev–Trinajstić information content (AvgIpc) is 2.49. The Kier molecular flexibility index (Phi) is 14.2. The maximum absolute atomic E-state index is 11.2. The Hall–Kier alpha value is -0.996. The number of hydrogen-bond acceptors (Lipinski definition) is 3. The van der Waals surface area contributed by atoms with Gasteiger partial charge in [-0.25, -0.2) is 0 Å². The summed E-state index contributed by atoms with van der Waals surface area (Å²) in [4.78, 5) is 11.2. The van der Waals surface area contributed by atoms with Gasteiger partial charge >= 0.3 is 34.0 Å². The monoisotopic (exact) mass is 356 g/mol. The molecule has 2 rings (SSSR count). The molecule has 0 saturated heterocycles. The minimum atomic E-state index is 0.131. The van der Waals surface area contributed by atoms with Crippen LogP contribution in [0.5, 0.6) is 0 Å². The number of nitrogens with two attached hydrogens (primary N) is 1. The van der Waals surface area contributed by atoms with E-state index in [2.05, 4.69) is 44.7 Å². The van der Waals surface area contributed by atoms with Crippen molar-refractivity contribution in [2.45, 2.75) is 47.5 Å². The number of benzene rings is 1. The molecule has 0 spiro atoms. The van der Waals surface area contributed by atoms with Gasteiger partial charge in [0.15, 0.2) is 5.78 Å². The van der Waals surface area contributed by atoms with E-state index in [-0.39, 0.29) is 5.78 Å². The summed E-state index contributed by atoms with van der Waals surface area (Å²) in [7, 11) is 1.00. The van der Waals surface area contributed by atoms with Gasteiger partial charge in [-0.2, -0.15) is 0 Å². The molecule has 23 heavy (non-hydrogen) atoms. The second kappa shape index (κ2) is 13.4. The summed E-state index contributed by atoms with van der Waals surface area (Å²) in [5.41, 5.74) is 7.54. The third-order valence-electron chi connectivity index (χ3n) is 2.95. The Morgan fingerprint density at radius 2 is 1.70 bits per heavy atom. The third kappa shape index (κ3) is 14.3. The Balaban J connectivity index is 0. The molecular formula is C19H31NO2V. The summed E-state index contributed by atoms with van der Waals surface area (Å²) >= 11 is 2.23. The van der Waals surface area contributed by atoms with E-state index in [9.17, 15) is 4.79 Å². The summed E-state index contributed by atoms with van der Waals surface area (Å²) in [6.45, 7) is 10.8. The fraction of sp³-hybridized carbons (Fsp3) is 0.474. The number of rotatable bonds is 0. The van der Waals surface area contributed by atoms with Crippen LogP contribution >= 0.6 is 0 Å². The summed E-state index contributed by atoms with van der Waals surface area (Å²) < 4.78 is 0.854. The molecular weight excluding hydrogens is 325 g/mol. The van der Waals surface area contributed by atoms with Crippen molar-refractivity contribution in [3.63, 3.8) is 0 Å². The number of hydrogen-bond donors (Lipinski definition) is 2. The molecule has 0 saturated carbocycles. The Morgan fingerprint density at radius 1 is 1.26 bits per heavy atom. The van der Waals surface area contributed by atoms with Gasteiger partial charge in [-0.1, -0.05) is 64.5 Å². The van der Waals surface area contributed by atoms with Crippen molar-refractivity contribution in [2.75, 3.05) is 7.11 Å². The number of carbonyl (C=O) groups excluding carboxylic acids is 1. The summed E-state index contributed by atoms with van der Waals surface area (Å²) in [5.74, 6) is 0.131. The predicted molar refractivity (Wildman–Crippen MR) is 96.4 cm³/mol. The van der Waals surface area contributed by atoms with Crippen LogP contribution < -0.4 is 5.73 Å². The van der Waals surface area contributed by atoms with Crippen molar-refractivity contribution in [1.29, 1.82) is 0 Å². The van der Waals surface area contributed by atoms with Gasteiger partial charge in [0.05, 0.1) is 0 Å². The van der Waals surface area contributed by atoms with Crippen molar-refractivity contribution in [3.8, 4) is 0 Å². The fourth-order valence-electron chi connectivity index (χ4n) is 1.32. The molecule has 0 amide bonds. The van der Waals surface area contributed by atoms with Crippen LogP contribution in [0.4, 0.5) is 0 Å². The van der Waals surface area contributed by atoms with E-state index in [0.717, 1.165) is 29.0 Å². The van der Waals surface area contributed by atoms with Crippen LogP contribution in [0.2, 0.25) is 0 Å². The van der Waals surface area contributed by atoms with Gasteiger partial charge in [-0.3, -0.25) is 4.79 Å². The fourth-order valence-corrected chi connectivity index (χ4v) is 1.32. The maximum atomic E-state index is 11.2. The van der Waals surface area contributed by atoms with E-state index in [4.69, 9.17) is 10.8 Å². The molecule has 0 atom stereocenters. The van der Waals surface area contributed by atoms with E-state index >= 15 is 0 Å². The molecule has 129 valence electrons. The molecule has 4 heteroatoms. The zero-order valence-corrected chi connectivity index (χ0v) is 16.7. The van der Waals surface area contributed by atoms with Crippen molar-refractivity contribution >= 4 is 10.1 Å². The van der Waals surface area contributed by atoms with Gasteiger partial charge < -0.3 is 5.11 Å². The van der Waals surface area contributed by atoms with Crippen molar-refractivity contribution in [1.82, 2.24) is 0 Å². The van der Waals surface area contributed by atoms with Crippen LogP contribution in [0, 0.1) is 5.41 Å². The Morgan fingerprint density at radius 3 is 2.09 bits per heavy atom. The van der Waals surface area contributed by atoms with E-state index in [1.54, 1.807) is 6.08 Å². The Bertz CT molecular complexity index is 498. The molecule has 0 fully saturated rings. The van der Waals surface area contributed by atoms with Gasteiger partial charge in [0, 0.05) is 12.7 Å². The number of aliphatic hydroxyl groups is 1. The minimum Gasteiger partial charge on any atom is -0.289 e. The number of allylic oxidation sites excluding steroid dienone is 2. The normalized spacial score (nSPS) is 11.5. The number of aliphatic hydroxyl groups excluding tert-OH is 1. The molecule has 3 N–H and O–H groups in total. The van der Waals surface area contributed by atoms with Crippen LogP contribution in [0.1, 0.15) is 57.0 Å². The SMILES string of the molecule is CCC(C)(C)C.CO.C[C](N)=[V].O=C1C=CCc2ccccc21. The smallest absolute Gasteiger partial charge is 0.185 e. The quantitative estimate of drug-likeness (QED) is 0.745. The first-order valence-corrected chi connectivity index (χ1v) is 8.38. The maximum Gasteiger partial charge on any atom is 0.185 e. The first-order chi connectivity index (χ1) is 10.7. The van der Waals surface area contributed by atoms with Crippen LogP contribution in [0.15, 0.2) is 36.4 Å².